The third-order valence-electron chi connectivity index (χ3n) is 2.36. The van der Waals surface area contributed by atoms with E-state index in [0.717, 1.165) is 0 Å². The fourth-order valence-corrected chi connectivity index (χ4v) is 3.39. The maximum Gasteiger partial charge on any atom is 0.198 e. The van der Waals surface area contributed by atoms with Crippen LogP contribution in [0.15, 0.2) is 21.9 Å². The number of hydrogen-bond acceptors (Lipinski definition) is 2. The first-order valence-corrected chi connectivity index (χ1v) is 7.39. The van der Waals surface area contributed by atoms with Gasteiger partial charge in [0.25, 0.3) is 0 Å². The third-order valence-corrected chi connectivity index (χ3v) is 4.72. The molecule has 0 spiro atoms. The van der Waals surface area contributed by atoms with Crippen LogP contribution in [0.4, 0.5) is 35.1 Å². The van der Waals surface area contributed by atoms with Crippen LogP contribution in [0.5, 0.6) is 0 Å². The molecule has 0 bridgehead atoms. The van der Waals surface area contributed by atoms with Crippen LogP contribution < -0.4 is 0 Å². The lowest BCUT2D eigenvalue weighted by Crippen LogP contribution is -1.98. The van der Waals surface area contributed by atoms with Gasteiger partial charge in [0.15, 0.2) is 46.5 Å². The Bertz CT molecular complexity index is 683. The molecular formula is C12H2F8S2. The Morgan fingerprint density at radius 3 is 1.09 bits per heavy atom. The van der Waals surface area contributed by atoms with Crippen LogP contribution in [-0.4, -0.2) is 0 Å². The molecule has 0 saturated heterocycles. The summed E-state index contributed by atoms with van der Waals surface area (Å²) in [7, 11) is 0.348. The van der Waals surface area contributed by atoms with Crippen molar-refractivity contribution >= 4 is 21.6 Å². The molecular weight excluding hydrogens is 360 g/mol. The van der Waals surface area contributed by atoms with Crippen molar-refractivity contribution in [3.8, 4) is 0 Å². The second-order valence-electron chi connectivity index (χ2n) is 3.76. The van der Waals surface area contributed by atoms with Crippen LogP contribution in [0.3, 0.4) is 0 Å². The molecule has 0 radical (unpaired) electrons. The fourth-order valence-electron chi connectivity index (χ4n) is 1.31. The molecule has 0 heterocycles. The number of hydrogen-bond donors (Lipinski definition) is 0. The maximum atomic E-state index is 13.4. The first-order chi connectivity index (χ1) is 10.2. The van der Waals surface area contributed by atoms with Gasteiger partial charge in [-0.05, 0) is 33.7 Å². The molecule has 0 amide bonds. The van der Waals surface area contributed by atoms with E-state index in [4.69, 9.17) is 0 Å². The summed E-state index contributed by atoms with van der Waals surface area (Å²) < 4.78 is 104. The molecule has 2 aromatic carbocycles. The molecule has 0 aliphatic rings. The number of halogens is 8. The van der Waals surface area contributed by atoms with E-state index in [1.165, 1.54) is 0 Å². The summed E-state index contributed by atoms with van der Waals surface area (Å²) >= 11 is 0. The van der Waals surface area contributed by atoms with Gasteiger partial charge in [0.1, 0.15) is 0 Å². The number of rotatable bonds is 3. The zero-order valence-electron chi connectivity index (χ0n) is 9.99. The second kappa shape index (κ2) is 6.37. The van der Waals surface area contributed by atoms with Gasteiger partial charge in [0.2, 0.25) is 0 Å². The smallest absolute Gasteiger partial charge is 0.198 e. The van der Waals surface area contributed by atoms with Gasteiger partial charge in [-0.2, -0.15) is 0 Å². The van der Waals surface area contributed by atoms with Crippen molar-refractivity contribution in [1.82, 2.24) is 0 Å². The average molecular weight is 362 g/mol. The highest BCUT2D eigenvalue weighted by Gasteiger charge is 2.22. The lowest BCUT2D eigenvalue weighted by Gasteiger charge is -2.07. The molecule has 0 aliphatic heterocycles. The summed E-state index contributed by atoms with van der Waals surface area (Å²) in [5.41, 5.74) is 0. The van der Waals surface area contributed by atoms with Gasteiger partial charge >= 0.3 is 0 Å². The molecule has 0 unspecified atom stereocenters. The summed E-state index contributed by atoms with van der Waals surface area (Å²) in [5, 5.41) is 0. The molecule has 2 rings (SSSR count). The normalized spacial score (nSPS) is 11.1. The van der Waals surface area contributed by atoms with Gasteiger partial charge in [0.05, 0.1) is 9.79 Å². The van der Waals surface area contributed by atoms with Crippen molar-refractivity contribution in [1.29, 1.82) is 0 Å². The van der Waals surface area contributed by atoms with E-state index < -0.39 is 56.3 Å². The average Bonchev–Trinajstić information content (AvgIpc) is 2.49. The van der Waals surface area contributed by atoms with Crippen LogP contribution >= 0.6 is 21.6 Å². The molecule has 0 atom stereocenters. The zero-order chi connectivity index (χ0) is 16.6. The summed E-state index contributed by atoms with van der Waals surface area (Å²) in [6.07, 6.45) is 0. The molecule has 10 heteroatoms. The topological polar surface area (TPSA) is 0 Å². The molecule has 2 aromatic rings. The van der Waals surface area contributed by atoms with Crippen molar-refractivity contribution in [3.05, 3.63) is 58.7 Å². The minimum Gasteiger partial charge on any atom is -0.204 e. The van der Waals surface area contributed by atoms with Gasteiger partial charge in [-0.15, -0.1) is 0 Å². The molecule has 118 valence electrons. The Hall–Kier alpha value is -1.42. The minimum atomic E-state index is -2.08. The van der Waals surface area contributed by atoms with Gasteiger partial charge < -0.3 is 0 Å². The van der Waals surface area contributed by atoms with Crippen molar-refractivity contribution in [2.45, 2.75) is 9.79 Å². The Morgan fingerprint density at radius 2 is 0.773 bits per heavy atom. The lowest BCUT2D eigenvalue weighted by molar-refractivity contribution is 0.398. The molecule has 0 N–H and O–H groups in total. The van der Waals surface area contributed by atoms with Crippen LogP contribution in [-0.2, 0) is 0 Å². The van der Waals surface area contributed by atoms with E-state index in [-0.39, 0.29) is 21.6 Å². The second-order valence-corrected chi connectivity index (χ2v) is 5.98. The van der Waals surface area contributed by atoms with Crippen molar-refractivity contribution < 1.29 is 35.1 Å². The Kier molecular flexibility index (Phi) is 4.90. The molecule has 0 saturated carbocycles. The fraction of sp³-hybridized carbons (Fsp3) is 0. The van der Waals surface area contributed by atoms with Crippen molar-refractivity contribution in [2.75, 3.05) is 0 Å². The highest BCUT2D eigenvalue weighted by molar-refractivity contribution is 8.76. The van der Waals surface area contributed by atoms with Gasteiger partial charge in [-0.25, -0.2) is 35.1 Å². The van der Waals surface area contributed by atoms with E-state index in [1.54, 1.807) is 0 Å². The van der Waals surface area contributed by atoms with Crippen LogP contribution in [0.2, 0.25) is 0 Å². The minimum absolute atomic E-state index is 0.174. The van der Waals surface area contributed by atoms with Crippen molar-refractivity contribution in [2.24, 2.45) is 0 Å². The first kappa shape index (κ1) is 16.9. The molecule has 0 aromatic heterocycles. The van der Waals surface area contributed by atoms with E-state index in [2.05, 4.69) is 0 Å². The molecule has 22 heavy (non-hydrogen) atoms. The van der Waals surface area contributed by atoms with E-state index in [9.17, 15) is 35.1 Å². The molecule has 0 nitrogen and oxygen atoms in total. The van der Waals surface area contributed by atoms with E-state index in [0.29, 0.717) is 12.1 Å². The Morgan fingerprint density at radius 1 is 0.455 bits per heavy atom. The maximum absolute atomic E-state index is 13.4. The van der Waals surface area contributed by atoms with E-state index >= 15 is 0 Å². The molecule has 0 aliphatic carbocycles. The number of benzene rings is 2. The van der Waals surface area contributed by atoms with Crippen LogP contribution in [0, 0.1) is 46.5 Å². The zero-order valence-corrected chi connectivity index (χ0v) is 11.6. The monoisotopic (exact) mass is 362 g/mol. The Labute approximate surface area is 125 Å². The van der Waals surface area contributed by atoms with Crippen molar-refractivity contribution in [3.63, 3.8) is 0 Å². The predicted molar refractivity (Wildman–Crippen MR) is 64.3 cm³/mol. The quantitative estimate of drug-likeness (QED) is 0.302. The first-order valence-electron chi connectivity index (χ1n) is 5.24. The summed E-state index contributed by atoms with van der Waals surface area (Å²) in [4.78, 5) is -1.54. The summed E-state index contributed by atoms with van der Waals surface area (Å²) in [6, 6.07) is 0.582. The SMILES string of the molecule is Fc1cc(SSc2cc(F)c(F)c(F)c2F)c(F)c(F)c1F. The van der Waals surface area contributed by atoms with Crippen LogP contribution in [0.25, 0.3) is 0 Å². The highest BCUT2D eigenvalue weighted by Crippen LogP contribution is 2.41. The largest absolute Gasteiger partial charge is 0.204 e. The summed E-state index contributed by atoms with van der Waals surface area (Å²) in [6.45, 7) is 0. The highest BCUT2D eigenvalue weighted by atomic mass is 33.1. The molecule has 0 fully saturated rings. The van der Waals surface area contributed by atoms with Crippen LogP contribution in [0.1, 0.15) is 0 Å². The predicted octanol–water partition coefficient (Wildman–Crippen LogP) is 5.60. The van der Waals surface area contributed by atoms with Gasteiger partial charge in [0, 0.05) is 0 Å². The van der Waals surface area contributed by atoms with Gasteiger partial charge in [-0.3, -0.25) is 0 Å². The standard InChI is InChI=1S/C12H2F8S2/c13-3-1-5(9(17)11(19)7(3)15)21-22-6-2-4(14)8(16)12(20)10(6)18/h1-2H. The Balaban J connectivity index is 2.32. The van der Waals surface area contributed by atoms with Gasteiger partial charge in [-0.1, -0.05) is 0 Å². The van der Waals surface area contributed by atoms with E-state index in [1.807, 2.05) is 0 Å². The third kappa shape index (κ3) is 3.02. The lowest BCUT2D eigenvalue weighted by atomic mass is 10.3. The summed E-state index contributed by atoms with van der Waals surface area (Å²) in [5.74, 6) is -15.1.